The van der Waals surface area contributed by atoms with Crippen LogP contribution in [0.4, 0.5) is 13.2 Å². The van der Waals surface area contributed by atoms with Crippen molar-refractivity contribution in [2.75, 3.05) is 19.6 Å². The molecule has 2 heterocycles. The minimum absolute atomic E-state index is 0.0453. The van der Waals surface area contributed by atoms with E-state index in [2.05, 4.69) is 5.32 Å². The van der Waals surface area contributed by atoms with E-state index in [1.807, 2.05) is 6.92 Å². The van der Waals surface area contributed by atoms with Gasteiger partial charge in [0.1, 0.15) is 0 Å². The highest BCUT2D eigenvalue weighted by atomic mass is 35.5. The Morgan fingerprint density at radius 3 is 2.44 bits per heavy atom. The standard InChI is InChI=1S/C24H22Cl2F3N3O2/c1-12-8-15(24(27,28)29)9-17-13(2)11-32(21(12)17)23(34)19-18(25)5-4-16(20(19)26)22(33)31-7-6-30-10-14(31)3/h4-5,8-9,11,14,30H,6-7,10H2,1-3H3. The van der Waals surface area contributed by atoms with E-state index in [9.17, 15) is 22.8 Å². The first-order valence-electron chi connectivity index (χ1n) is 10.7. The van der Waals surface area contributed by atoms with Gasteiger partial charge in [0.05, 0.1) is 32.3 Å². The molecule has 0 spiro atoms. The average molecular weight is 512 g/mol. The number of aromatic nitrogens is 1. The van der Waals surface area contributed by atoms with E-state index in [4.69, 9.17) is 23.2 Å². The van der Waals surface area contributed by atoms with Crippen LogP contribution in [0.25, 0.3) is 10.9 Å². The van der Waals surface area contributed by atoms with Gasteiger partial charge in [-0.05, 0) is 56.2 Å². The number of amides is 1. The molecule has 2 aromatic carbocycles. The number of aryl methyl sites for hydroxylation is 2. The Kier molecular flexibility index (Phi) is 6.44. The largest absolute Gasteiger partial charge is 0.416 e. The summed E-state index contributed by atoms with van der Waals surface area (Å²) in [5.74, 6) is -0.941. The van der Waals surface area contributed by atoms with Gasteiger partial charge in [-0.3, -0.25) is 14.2 Å². The highest BCUT2D eigenvalue weighted by Gasteiger charge is 2.33. The fourth-order valence-corrected chi connectivity index (χ4v) is 5.00. The zero-order valence-electron chi connectivity index (χ0n) is 18.7. The molecule has 1 saturated heterocycles. The fraction of sp³-hybridized carbons (Fsp3) is 0.333. The van der Waals surface area contributed by atoms with Crippen LogP contribution < -0.4 is 5.32 Å². The Bertz CT molecular complexity index is 1320. The number of carbonyl (C=O) groups excluding carboxylic acids is 2. The van der Waals surface area contributed by atoms with Gasteiger partial charge in [0.2, 0.25) is 0 Å². The maximum atomic E-state index is 13.6. The van der Waals surface area contributed by atoms with Gasteiger partial charge in [-0.2, -0.15) is 13.2 Å². The Morgan fingerprint density at radius 2 is 1.79 bits per heavy atom. The lowest BCUT2D eigenvalue weighted by Crippen LogP contribution is -2.52. The fourth-order valence-electron chi connectivity index (χ4n) is 4.38. The highest BCUT2D eigenvalue weighted by Crippen LogP contribution is 2.36. The highest BCUT2D eigenvalue weighted by molar-refractivity contribution is 6.41. The van der Waals surface area contributed by atoms with Crippen molar-refractivity contribution in [1.82, 2.24) is 14.8 Å². The second-order valence-corrected chi connectivity index (χ2v) is 9.30. The third-order valence-corrected chi connectivity index (χ3v) is 6.84. The molecule has 4 rings (SSSR count). The van der Waals surface area contributed by atoms with Gasteiger partial charge in [-0.25, -0.2) is 0 Å². The average Bonchev–Trinajstić information content (AvgIpc) is 3.10. The van der Waals surface area contributed by atoms with Gasteiger partial charge in [0, 0.05) is 37.3 Å². The predicted molar refractivity (Wildman–Crippen MR) is 126 cm³/mol. The van der Waals surface area contributed by atoms with Crippen LogP contribution in [0, 0.1) is 13.8 Å². The number of halogens is 5. The number of hydrogen-bond donors (Lipinski definition) is 1. The Hall–Kier alpha value is -2.55. The van der Waals surface area contributed by atoms with Crippen molar-refractivity contribution >= 4 is 45.9 Å². The molecule has 180 valence electrons. The first-order valence-corrected chi connectivity index (χ1v) is 11.4. The molecule has 1 N–H and O–H groups in total. The maximum Gasteiger partial charge on any atom is 0.416 e. The van der Waals surface area contributed by atoms with Gasteiger partial charge < -0.3 is 10.2 Å². The second-order valence-electron chi connectivity index (χ2n) is 8.51. The molecule has 0 radical (unpaired) electrons. The zero-order chi connectivity index (χ0) is 24.9. The van der Waals surface area contributed by atoms with Crippen molar-refractivity contribution in [3.63, 3.8) is 0 Å². The van der Waals surface area contributed by atoms with E-state index in [0.717, 1.165) is 12.1 Å². The topological polar surface area (TPSA) is 54.3 Å². The maximum absolute atomic E-state index is 13.6. The monoisotopic (exact) mass is 511 g/mol. The number of benzene rings is 2. The molecule has 1 fully saturated rings. The normalized spacial score (nSPS) is 16.8. The summed E-state index contributed by atoms with van der Waals surface area (Å²) >= 11 is 12.9. The number of piperazine rings is 1. The van der Waals surface area contributed by atoms with Crippen molar-refractivity contribution in [3.05, 3.63) is 68.3 Å². The Morgan fingerprint density at radius 1 is 1.09 bits per heavy atom. The van der Waals surface area contributed by atoms with Crippen molar-refractivity contribution in [3.8, 4) is 0 Å². The zero-order valence-corrected chi connectivity index (χ0v) is 20.2. The van der Waals surface area contributed by atoms with Crippen LogP contribution in [0.5, 0.6) is 0 Å². The molecule has 0 bridgehead atoms. The molecular weight excluding hydrogens is 490 g/mol. The SMILES string of the molecule is Cc1cn(C(=O)c2c(Cl)ccc(C(=O)N3CCNCC3C)c2Cl)c2c(C)cc(C(F)(F)F)cc12. The summed E-state index contributed by atoms with van der Waals surface area (Å²) in [6.07, 6.45) is -3.06. The molecule has 10 heteroatoms. The summed E-state index contributed by atoms with van der Waals surface area (Å²) in [5, 5.41) is 3.47. The minimum atomic E-state index is -4.51. The Labute approximate surface area is 204 Å². The van der Waals surface area contributed by atoms with E-state index in [-0.39, 0.29) is 38.7 Å². The number of nitrogens with zero attached hydrogens (tertiary/aromatic N) is 2. The summed E-state index contributed by atoms with van der Waals surface area (Å²) in [5.41, 5.74) is 0.377. The molecule has 1 aliphatic heterocycles. The molecule has 1 aliphatic rings. The molecule has 1 atom stereocenters. The van der Waals surface area contributed by atoms with Gasteiger partial charge in [0.25, 0.3) is 11.8 Å². The molecule has 5 nitrogen and oxygen atoms in total. The number of alkyl halides is 3. The first-order chi connectivity index (χ1) is 15.9. The molecule has 0 aliphatic carbocycles. The molecule has 3 aromatic rings. The molecule has 34 heavy (non-hydrogen) atoms. The quantitative estimate of drug-likeness (QED) is 0.479. The smallest absolute Gasteiger partial charge is 0.333 e. The van der Waals surface area contributed by atoms with Gasteiger partial charge in [-0.1, -0.05) is 23.2 Å². The van der Waals surface area contributed by atoms with Gasteiger partial charge in [0.15, 0.2) is 0 Å². The van der Waals surface area contributed by atoms with Crippen LogP contribution in [0.15, 0.2) is 30.5 Å². The Balaban J connectivity index is 1.82. The van der Waals surface area contributed by atoms with E-state index >= 15 is 0 Å². The van der Waals surface area contributed by atoms with Gasteiger partial charge >= 0.3 is 6.18 Å². The third kappa shape index (κ3) is 4.19. The first kappa shape index (κ1) is 24.6. The van der Waals surface area contributed by atoms with E-state index < -0.39 is 17.6 Å². The third-order valence-electron chi connectivity index (χ3n) is 6.13. The number of rotatable bonds is 2. The predicted octanol–water partition coefficient (Wildman–Crippen LogP) is 5.71. The molecule has 0 saturated carbocycles. The van der Waals surface area contributed by atoms with Crippen LogP contribution in [0.1, 0.15) is 44.3 Å². The van der Waals surface area contributed by atoms with Crippen LogP contribution in [-0.2, 0) is 6.18 Å². The summed E-state index contributed by atoms with van der Waals surface area (Å²) in [6.45, 7) is 6.81. The minimum Gasteiger partial charge on any atom is -0.333 e. The number of fused-ring (bicyclic) bond motifs is 1. The van der Waals surface area contributed by atoms with E-state index in [1.165, 1.54) is 29.8 Å². The molecule has 1 unspecified atom stereocenters. The van der Waals surface area contributed by atoms with Crippen LogP contribution in [0.2, 0.25) is 10.0 Å². The summed E-state index contributed by atoms with van der Waals surface area (Å²) < 4.78 is 41.2. The summed E-state index contributed by atoms with van der Waals surface area (Å²) in [7, 11) is 0. The second kappa shape index (κ2) is 8.91. The van der Waals surface area contributed by atoms with Crippen LogP contribution >= 0.6 is 23.2 Å². The van der Waals surface area contributed by atoms with Gasteiger partial charge in [-0.15, -0.1) is 0 Å². The molecule has 1 aromatic heterocycles. The van der Waals surface area contributed by atoms with Crippen LogP contribution in [0.3, 0.4) is 0 Å². The molecular formula is C24H22Cl2F3N3O2. The van der Waals surface area contributed by atoms with E-state index in [0.29, 0.717) is 36.1 Å². The van der Waals surface area contributed by atoms with E-state index in [1.54, 1.807) is 11.8 Å². The number of hydrogen-bond acceptors (Lipinski definition) is 3. The summed E-state index contributed by atoms with van der Waals surface area (Å²) in [4.78, 5) is 28.5. The van der Waals surface area contributed by atoms with Crippen molar-refractivity contribution in [2.45, 2.75) is 33.0 Å². The van der Waals surface area contributed by atoms with Crippen molar-refractivity contribution < 1.29 is 22.8 Å². The lowest BCUT2D eigenvalue weighted by molar-refractivity contribution is -0.137. The number of carbonyl (C=O) groups is 2. The van der Waals surface area contributed by atoms with Crippen molar-refractivity contribution in [1.29, 1.82) is 0 Å². The lowest BCUT2D eigenvalue weighted by Gasteiger charge is -2.34. The lowest BCUT2D eigenvalue weighted by atomic mass is 10.0. The van der Waals surface area contributed by atoms with Crippen LogP contribution in [-0.4, -0.2) is 47.0 Å². The summed E-state index contributed by atoms with van der Waals surface area (Å²) in [6, 6.07) is 4.89. The van der Waals surface area contributed by atoms with Crippen molar-refractivity contribution in [2.24, 2.45) is 0 Å². The molecule has 1 amide bonds. The number of nitrogens with one attached hydrogen (secondary N) is 1.